The molecule has 0 spiro atoms. The Morgan fingerprint density at radius 2 is 1.04 bits per heavy atom. The second-order valence-corrected chi connectivity index (χ2v) is 12.7. The normalized spacial score (nSPS) is 20.1. The van der Waals surface area contributed by atoms with Crippen LogP contribution < -0.4 is 9.47 Å². The molecule has 3 fully saturated rings. The van der Waals surface area contributed by atoms with Crippen molar-refractivity contribution in [1.29, 1.82) is 0 Å². The Hall–Kier alpha value is -4.45. The van der Waals surface area contributed by atoms with E-state index >= 15 is 0 Å². The molecule has 49 heavy (non-hydrogen) atoms. The second kappa shape index (κ2) is 18.9. The summed E-state index contributed by atoms with van der Waals surface area (Å²) >= 11 is 0. The van der Waals surface area contributed by atoms with Gasteiger partial charge in [-0.2, -0.15) is 0 Å². The first-order valence-electron chi connectivity index (χ1n) is 16.7. The summed E-state index contributed by atoms with van der Waals surface area (Å²) < 4.78 is 10.4. The molecule has 0 aromatic heterocycles. The number of hydrogen-bond acceptors (Lipinski definition) is 8. The van der Waals surface area contributed by atoms with Crippen LogP contribution >= 0.6 is 0 Å². The number of carbonyl (C=O) groups is 3. The van der Waals surface area contributed by atoms with E-state index in [-0.39, 0.29) is 55.3 Å². The standard InChI is InChI=1S/2C13H17NO3.C12H15NO2/c1-17-12-4-2-3-10(5-12)7-14-8-11(9-15)6-13(14)16;1-17-12-5-3-2-4-11(12)8-14-7-10(9-15)6-13(14)16;14-9-11-6-12(15)13(8-11)7-10-4-2-1-3-5-10/h2-5,11,15H,6-9H2,1H3;2-5,10,15H,6-9H2,1H3;1-5,11,14H,6-9H2. The lowest BCUT2D eigenvalue weighted by atomic mass is 10.1. The average molecular weight is 676 g/mol. The Morgan fingerprint density at radius 1 is 0.571 bits per heavy atom. The van der Waals surface area contributed by atoms with E-state index in [1.807, 2.05) is 83.8 Å². The number of aliphatic hydroxyl groups is 3. The van der Waals surface area contributed by atoms with E-state index in [0.29, 0.717) is 58.5 Å². The third-order valence-corrected chi connectivity index (χ3v) is 8.94. The summed E-state index contributed by atoms with van der Waals surface area (Å²) in [5, 5.41) is 27.1. The van der Waals surface area contributed by atoms with Crippen molar-refractivity contribution in [3.8, 4) is 11.5 Å². The molecule has 3 aliphatic rings. The minimum atomic E-state index is 0.0775. The third kappa shape index (κ3) is 11.0. The fraction of sp³-hybridized carbons (Fsp3) is 0.447. The highest BCUT2D eigenvalue weighted by Crippen LogP contribution is 2.25. The van der Waals surface area contributed by atoms with Crippen LogP contribution in [0.25, 0.3) is 0 Å². The first-order valence-corrected chi connectivity index (χ1v) is 16.7. The molecule has 3 amide bonds. The predicted octanol–water partition coefficient (Wildman–Crippen LogP) is 3.10. The molecule has 0 saturated carbocycles. The topological polar surface area (TPSA) is 140 Å². The van der Waals surface area contributed by atoms with Crippen LogP contribution in [0.15, 0.2) is 78.9 Å². The number of nitrogens with zero attached hydrogens (tertiary/aromatic N) is 3. The van der Waals surface area contributed by atoms with E-state index in [1.54, 1.807) is 24.0 Å². The molecule has 6 rings (SSSR count). The molecule has 11 nitrogen and oxygen atoms in total. The molecule has 3 unspecified atom stereocenters. The summed E-state index contributed by atoms with van der Waals surface area (Å²) in [5.41, 5.74) is 3.20. The average Bonchev–Trinajstić information content (AvgIpc) is 3.80. The highest BCUT2D eigenvalue weighted by Gasteiger charge is 2.30. The summed E-state index contributed by atoms with van der Waals surface area (Å²) in [7, 11) is 3.25. The van der Waals surface area contributed by atoms with Crippen molar-refractivity contribution < 1.29 is 39.2 Å². The molecular formula is C38H49N3O8. The number of rotatable bonds is 11. The lowest BCUT2D eigenvalue weighted by Crippen LogP contribution is -2.25. The number of methoxy groups -OCH3 is 2. The number of hydrogen-bond donors (Lipinski definition) is 3. The van der Waals surface area contributed by atoms with Gasteiger partial charge in [0.25, 0.3) is 0 Å². The van der Waals surface area contributed by atoms with Crippen LogP contribution in [0.2, 0.25) is 0 Å². The number of amides is 3. The van der Waals surface area contributed by atoms with E-state index in [4.69, 9.17) is 24.8 Å². The van der Waals surface area contributed by atoms with Crippen molar-refractivity contribution in [2.24, 2.45) is 17.8 Å². The van der Waals surface area contributed by atoms with Gasteiger partial charge in [0.05, 0.1) is 14.2 Å². The Morgan fingerprint density at radius 3 is 1.53 bits per heavy atom. The first-order chi connectivity index (χ1) is 23.8. The van der Waals surface area contributed by atoms with Crippen molar-refractivity contribution in [2.75, 3.05) is 53.7 Å². The van der Waals surface area contributed by atoms with Gasteiger partial charge in [-0.1, -0.05) is 60.7 Å². The zero-order valence-electron chi connectivity index (χ0n) is 28.4. The molecule has 3 aromatic carbocycles. The SMILES string of the molecule is COc1cccc(CN2CC(CO)CC2=O)c1.COc1ccccc1CN1CC(CO)CC1=O.O=C1CC(CO)CN1Cc1ccccc1. The minimum absolute atomic E-state index is 0.0775. The van der Waals surface area contributed by atoms with Gasteiger partial charge in [-0.3, -0.25) is 14.4 Å². The van der Waals surface area contributed by atoms with Gasteiger partial charge in [0.15, 0.2) is 0 Å². The highest BCUT2D eigenvalue weighted by molar-refractivity contribution is 5.79. The molecule has 0 radical (unpaired) electrons. The number of carbonyl (C=O) groups excluding carboxylic acids is 3. The fourth-order valence-corrected chi connectivity index (χ4v) is 6.22. The molecule has 3 saturated heterocycles. The van der Waals surface area contributed by atoms with Crippen LogP contribution in [0.4, 0.5) is 0 Å². The zero-order chi connectivity index (χ0) is 35.2. The van der Waals surface area contributed by atoms with E-state index in [9.17, 15) is 14.4 Å². The van der Waals surface area contributed by atoms with Gasteiger partial charge < -0.3 is 39.5 Å². The van der Waals surface area contributed by atoms with Crippen LogP contribution in [0.5, 0.6) is 11.5 Å². The minimum Gasteiger partial charge on any atom is -0.497 e. The predicted molar refractivity (Wildman–Crippen MR) is 184 cm³/mol. The van der Waals surface area contributed by atoms with Gasteiger partial charge in [-0.15, -0.1) is 0 Å². The number of likely N-dealkylation sites (tertiary alicyclic amines) is 3. The summed E-state index contributed by atoms with van der Waals surface area (Å²) in [5.74, 6) is 2.27. The molecule has 3 aliphatic heterocycles. The smallest absolute Gasteiger partial charge is 0.223 e. The highest BCUT2D eigenvalue weighted by atomic mass is 16.5. The molecule has 11 heteroatoms. The van der Waals surface area contributed by atoms with E-state index in [0.717, 1.165) is 28.2 Å². The van der Waals surface area contributed by atoms with Crippen LogP contribution in [-0.2, 0) is 34.0 Å². The van der Waals surface area contributed by atoms with Gasteiger partial charge >= 0.3 is 0 Å². The summed E-state index contributed by atoms with van der Waals surface area (Å²) in [6, 6.07) is 25.3. The van der Waals surface area contributed by atoms with Crippen molar-refractivity contribution in [3.63, 3.8) is 0 Å². The van der Waals surface area contributed by atoms with Crippen molar-refractivity contribution in [2.45, 2.75) is 38.9 Å². The van der Waals surface area contributed by atoms with Gasteiger partial charge in [0.1, 0.15) is 11.5 Å². The zero-order valence-corrected chi connectivity index (χ0v) is 28.4. The number of para-hydroxylation sites is 1. The maximum absolute atomic E-state index is 11.7. The lowest BCUT2D eigenvalue weighted by Gasteiger charge is -2.18. The van der Waals surface area contributed by atoms with E-state index in [2.05, 4.69) is 0 Å². The number of benzene rings is 3. The first kappa shape index (κ1) is 37.4. The summed E-state index contributed by atoms with van der Waals surface area (Å²) in [6.45, 7) is 4.04. The molecule has 3 atom stereocenters. The van der Waals surface area contributed by atoms with E-state index in [1.165, 1.54) is 0 Å². The summed E-state index contributed by atoms with van der Waals surface area (Å²) in [6.07, 6.45) is 1.40. The Balaban J connectivity index is 0.000000166. The lowest BCUT2D eigenvalue weighted by molar-refractivity contribution is -0.129. The van der Waals surface area contributed by atoms with Crippen molar-refractivity contribution in [3.05, 3.63) is 95.6 Å². The van der Waals surface area contributed by atoms with Crippen molar-refractivity contribution in [1.82, 2.24) is 14.7 Å². The fourth-order valence-electron chi connectivity index (χ4n) is 6.22. The monoisotopic (exact) mass is 675 g/mol. The van der Waals surface area contributed by atoms with Crippen LogP contribution in [-0.4, -0.2) is 101 Å². The molecule has 264 valence electrons. The maximum atomic E-state index is 11.7. The molecular weight excluding hydrogens is 626 g/mol. The van der Waals surface area contributed by atoms with Gasteiger partial charge in [-0.25, -0.2) is 0 Å². The summed E-state index contributed by atoms with van der Waals surface area (Å²) in [4.78, 5) is 40.3. The second-order valence-electron chi connectivity index (χ2n) is 12.7. The molecule has 3 aromatic rings. The van der Waals surface area contributed by atoms with Crippen molar-refractivity contribution >= 4 is 17.7 Å². The van der Waals surface area contributed by atoms with Crippen LogP contribution in [0, 0.1) is 17.8 Å². The molecule has 0 bridgehead atoms. The Bertz CT molecular complexity index is 1500. The van der Waals surface area contributed by atoms with Gasteiger partial charge in [-0.05, 0) is 29.3 Å². The molecule has 0 aliphatic carbocycles. The number of ether oxygens (including phenoxy) is 2. The van der Waals surface area contributed by atoms with E-state index < -0.39 is 0 Å². The third-order valence-electron chi connectivity index (χ3n) is 8.94. The largest absolute Gasteiger partial charge is 0.497 e. The van der Waals surface area contributed by atoms with Crippen LogP contribution in [0.1, 0.15) is 36.0 Å². The quantitative estimate of drug-likeness (QED) is 0.282. The molecule has 3 heterocycles. The van der Waals surface area contributed by atoms with Gasteiger partial charge in [0.2, 0.25) is 17.7 Å². The van der Waals surface area contributed by atoms with Crippen LogP contribution in [0.3, 0.4) is 0 Å². The number of aliphatic hydroxyl groups excluding tert-OH is 3. The Labute approximate surface area is 288 Å². The maximum Gasteiger partial charge on any atom is 0.223 e. The Kier molecular flexibility index (Phi) is 14.4. The molecule has 3 N–H and O–H groups in total. The van der Waals surface area contributed by atoms with Gasteiger partial charge in [0, 0.05) is 102 Å².